The van der Waals surface area contributed by atoms with Gasteiger partial charge in [0.25, 0.3) is 5.91 Å². The molecule has 0 atom stereocenters. The lowest BCUT2D eigenvalue weighted by atomic mass is 9.85. The number of aromatic nitrogens is 4. The predicted molar refractivity (Wildman–Crippen MR) is 135 cm³/mol. The zero-order valence-electron chi connectivity index (χ0n) is 18.3. The molecule has 34 heavy (non-hydrogen) atoms. The second-order valence-corrected chi connectivity index (χ2v) is 9.79. The van der Waals surface area contributed by atoms with E-state index in [4.69, 9.17) is 26.3 Å². The highest BCUT2D eigenvalue weighted by atomic mass is 79.9. The van der Waals surface area contributed by atoms with Gasteiger partial charge in [-0.05, 0) is 74.2 Å². The number of hydrogen-bond acceptors (Lipinski definition) is 5. The summed E-state index contributed by atoms with van der Waals surface area (Å²) < 4.78 is 6.55. The van der Waals surface area contributed by atoms with E-state index in [1.165, 1.54) is 0 Å². The topological polar surface area (TPSA) is 92.8 Å². The fourth-order valence-electron chi connectivity index (χ4n) is 4.25. The first-order valence-electron chi connectivity index (χ1n) is 11.2. The minimum atomic E-state index is -0.116. The maximum atomic E-state index is 12.3. The number of aromatic amines is 1. The van der Waals surface area contributed by atoms with Crippen molar-refractivity contribution in [2.24, 2.45) is 0 Å². The van der Waals surface area contributed by atoms with Gasteiger partial charge in [0.2, 0.25) is 0 Å². The lowest BCUT2D eigenvalue weighted by Crippen LogP contribution is -2.40. The molecule has 1 saturated carbocycles. The van der Waals surface area contributed by atoms with Crippen LogP contribution in [-0.4, -0.2) is 38.7 Å². The molecule has 2 heterocycles. The van der Waals surface area contributed by atoms with E-state index < -0.39 is 0 Å². The van der Waals surface area contributed by atoms with Gasteiger partial charge >= 0.3 is 0 Å². The second kappa shape index (κ2) is 10.1. The van der Waals surface area contributed by atoms with Gasteiger partial charge in [-0.25, -0.2) is 9.97 Å². The molecule has 0 aliphatic heterocycles. The summed E-state index contributed by atoms with van der Waals surface area (Å²) in [5.41, 5.74) is 1.65. The minimum Gasteiger partial charge on any atom is -0.484 e. The molecule has 1 fully saturated rings. The van der Waals surface area contributed by atoms with E-state index in [1.807, 2.05) is 30.3 Å². The summed E-state index contributed by atoms with van der Waals surface area (Å²) in [4.78, 5) is 21.7. The van der Waals surface area contributed by atoms with Crippen molar-refractivity contribution in [3.63, 3.8) is 0 Å². The highest BCUT2D eigenvalue weighted by molar-refractivity contribution is 9.10. The number of ether oxygens (including phenoxy) is 1. The van der Waals surface area contributed by atoms with Crippen LogP contribution < -0.4 is 10.1 Å². The lowest BCUT2D eigenvalue weighted by molar-refractivity contribution is -0.124. The van der Waals surface area contributed by atoms with Crippen molar-refractivity contribution < 1.29 is 9.53 Å². The van der Waals surface area contributed by atoms with Crippen LogP contribution in [0.1, 0.15) is 37.4 Å². The number of fused-ring (bicyclic) bond motifs is 1. The van der Waals surface area contributed by atoms with Crippen LogP contribution in [0, 0.1) is 0 Å². The average molecular weight is 541 g/mol. The van der Waals surface area contributed by atoms with Gasteiger partial charge < -0.3 is 10.1 Å². The van der Waals surface area contributed by atoms with E-state index in [9.17, 15) is 4.79 Å². The Morgan fingerprint density at radius 3 is 2.65 bits per heavy atom. The van der Waals surface area contributed by atoms with Crippen LogP contribution in [0.25, 0.3) is 22.4 Å². The Balaban J connectivity index is 1.14. The van der Waals surface area contributed by atoms with E-state index in [1.54, 1.807) is 24.3 Å². The molecule has 7 nitrogen and oxygen atoms in total. The molecule has 0 unspecified atom stereocenters. The van der Waals surface area contributed by atoms with E-state index in [-0.39, 0.29) is 24.5 Å². The van der Waals surface area contributed by atoms with Crippen molar-refractivity contribution in [1.82, 2.24) is 25.5 Å². The first kappa shape index (κ1) is 22.8. The molecule has 2 aromatic heterocycles. The van der Waals surface area contributed by atoms with Crippen LogP contribution in [0.15, 0.2) is 59.1 Å². The molecular weight excluding hydrogens is 518 g/mol. The Morgan fingerprint density at radius 1 is 1.06 bits per heavy atom. The first-order chi connectivity index (χ1) is 16.5. The van der Waals surface area contributed by atoms with Crippen molar-refractivity contribution in [2.45, 2.75) is 37.6 Å². The van der Waals surface area contributed by atoms with Crippen LogP contribution in [0.4, 0.5) is 0 Å². The molecule has 0 spiro atoms. The molecule has 2 N–H and O–H groups in total. The zero-order chi connectivity index (χ0) is 23.5. The number of nitrogens with one attached hydrogen (secondary N) is 2. The fraction of sp³-hybridized carbons (Fsp3) is 0.280. The number of benzene rings is 2. The molecule has 1 aliphatic rings. The van der Waals surface area contributed by atoms with Crippen molar-refractivity contribution in [3.05, 3.63) is 69.9 Å². The summed E-state index contributed by atoms with van der Waals surface area (Å²) in [7, 11) is 0. The standard InChI is InChI=1S/C25H23BrClN5O2/c26-17-4-12-21-16(13-17)3-11-22(29-21)25-30-24(31-32-25)15-1-7-19(8-2-15)28-23(33)14-34-20-9-5-18(27)6-10-20/h3-6,9-13,15,19H,1-2,7-8,14H2,(H,28,33)(H,30,31,32). The number of pyridine rings is 1. The zero-order valence-corrected chi connectivity index (χ0v) is 20.6. The first-order valence-corrected chi connectivity index (χ1v) is 12.4. The van der Waals surface area contributed by atoms with Gasteiger partial charge in [-0.2, -0.15) is 5.10 Å². The molecule has 1 aliphatic carbocycles. The van der Waals surface area contributed by atoms with Gasteiger partial charge in [0.15, 0.2) is 12.4 Å². The third-order valence-corrected chi connectivity index (χ3v) is 6.79. The van der Waals surface area contributed by atoms with Crippen LogP contribution in [0.3, 0.4) is 0 Å². The van der Waals surface area contributed by atoms with Crippen molar-refractivity contribution in [3.8, 4) is 17.3 Å². The monoisotopic (exact) mass is 539 g/mol. The van der Waals surface area contributed by atoms with Gasteiger partial charge in [0.05, 0.1) is 5.52 Å². The fourth-order valence-corrected chi connectivity index (χ4v) is 4.76. The number of H-pyrrole nitrogens is 1. The molecule has 9 heteroatoms. The minimum absolute atomic E-state index is 0.0112. The molecule has 1 amide bonds. The third-order valence-electron chi connectivity index (χ3n) is 6.05. The average Bonchev–Trinajstić information content (AvgIpc) is 3.34. The van der Waals surface area contributed by atoms with Crippen LogP contribution >= 0.6 is 27.5 Å². The molecule has 0 saturated heterocycles. The molecule has 0 radical (unpaired) electrons. The molecule has 0 bridgehead atoms. The van der Waals surface area contributed by atoms with Crippen LogP contribution in [0.5, 0.6) is 5.75 Å². The third kappa shape index (κ3) is 5.39. The van der Waals surface area contributed by atoms with Gasteiger partial charge in [-0.3, -0.25) is 9.89 Å². The maximum absolute atomic E-state index is 12.3. The number of nitrogens with zero attached hydrogens (tertiary/aromatic N) is 3. The van der Waals surface area contributed by atoms with Crippen LogP contribution in [-0.2, 0) is 4.79 Å². The van der Waals surface area contributed by atoms with Gasteiger partial charge in [-0.1, -0.05) is 33.6 Å². The highest BCUT2D eigenvalue weighted by Crippen LogP contribution is 2.32. The number of amides is 1. The number of rotatable bonds is 6. The van der Waals surface area contributed by atoms with Crippen molar-refractivity contribution in [1.29, 1.82) is 0 Å². The summed E-state index contributed by atoms with van der Waals surface area (Å²) in [6, 6.07) is 17.1. The summed E-state index contributed by atoms with van der Waals surface area (Å²) >= 11 is 9.36. The molecule has 5 rings (SSSR count). The largest absolute Gasteiger partial charge is 0.484 e. The molecule has 4 aromatic rings. The number of hydrogen-bond donors (Lipinski definition) is 2. The smallest absolute Gasteiger partial charge is 0.258 e. The quantitative estimate of drug-likeness (QED) is 0.329. The Labute approximate surface area is 210 Å². The van der Waals surface area contributed by atoms with E-state index in [2.05, 4.69) is 31.4 Å². The predicted octanol–water partition coefficient (Wildman–Crippen LogP) is 5.66. The van der Waals surface area contributed by atoms with E-state index >= 15 is 0 Å². The normalized spacial score (nSPS) is 18.1. The van der Waals surface area contributed by atoms with Crippen molar-refractivity contribution >= 4 is 44.3 Å². The number of carbonyl (C=O) groups excluding carboxylic acids is 1. The van der Waals surface area contributed by atoms with Gasteiger partial charge in [0, 0.05) is 26.8 Å². The molecule has 2 aromatic carbocycles. The molecule has 174 valence electrons. The summed E-state index contributed by atoms with van der Waals surface area (Å²) in [5, 5.41) is 12.3. The lowest BCUT2D eigenvalue weighted by Gasteiger charge is -2.27. The maximum Gasteiger partial charge on any atom is 0.258 e. The van der Waals surface area contributed by atoms with E-state index in [0.29, 0.717) is 16.6 Å². The summed E-state index contributed by atoms with van der Waals surface area (Å²) in [6.45, 7) is -0.0112. The number of carbonyl (C=O) groups is 1. The SMILES string of the molecule is O=C(COc1ccc(Cl)cc1)NC1CCC(c2nc(-c3ccc4cc(Br)ccc4n3)n[nH]2)CC1. The Hall–Kier alpha value is -2.97. The second-order valence-electron chi connectivity index (χ2n) is 8.44. The van der Waals surface area contributed by atoms with Crippen LogP contribution in [0.2, 0.25) is 5.02 Å². The Morgan fingerprint density at radius 2 is 1.85 bits per heavy atom. The summed E-state index contributed by atoms with van der Waals surface area (Å²) in [5.74, 6) is 2.28. The van der Waals surface area contributed by atoms with Gasteiger partial charge in [0.1, 0.15) is 17.3 Å². The van der Waals surface area contributed by atoms with Gasteiger partial charge in [-0.15, -0.1) is 0 Å². The molecular formula is C25H23BrClN5O2. The Kier molecular flexibility index (Phi) is 6.78. The van der Waals surface area contributed by atoms with Crippen molar-refractivity contribution in [2.75, 3.05) is 6.61 Å². The van der Waals surface area contributed by atoms with E-state index in [0.717, 1.165) is 52.6 Å². The highest BCUT2D eigenvalue weighted by Gasteiger charge is 2.26. The Bertz CT molecular complexity index is 1300. The summed E-state index contributed by atoms with van der Waals surface area (Å²) in [6.07, 6.45) is 3.63. The number of halogens is 2.